The van der Waals surface area contributed by atoms with Crippen LogP contribution in [0.15, 0.2) is 135 Å². The minimum Gasteiger partial charge on any atom is -0.456 e. The van der Waals surface area contributed by atoms with E-state index in [1.165, 1.54) is 11.3 Å². The summed E-state index contributed by atoms with van der Waals surface area (Å²) in [5.41, 5.74) is 9.23. The van der Waals surface area contributed by atoms with Gasteiger partial charge in [-0.3, -0.25) is 0 Å². The second kappa shape index (κ2) is 8.02. The molecule has 0 saturated heterocycles. The fourth-order valence-electron chi connectivity index (χ4n) is 7.07. The number of nitrogens with zero attached hydrogens (tertiary/aromatic N) is 2. The second-order valence-electron chi connectivity index (χ2n) is 11.1. The van der Waals surface area contributed by atoms with Gasteiger partial charge in [0.2, 0.25) is 5.89 Å². The number of hydrogen-bond acceptors (Lipinski definition) is 5. The highest BCUT2D eigenvalue weighted by Crippen LogP contribution is 2.51. The zero-order valence-corrected chi connectivity index (χ0v) is 22.3. The van der Waals surface area contributed by atoms with Crippen LogP contribution in [0.2, 0.25) is 0 Å². The summed E-state index contributed by atoms with van der Waals surface area (Å²) < 4.78 is 19.2. The summed E-state index contributed by atoms with van der Waals surface area (Å²) in [5, 5.41) is 4.12. The zero-order valence-electron chi connectivity index (χ0n) is 22.3. The number of aromatic nitrogens is 1. The topological polar surface area (TPSA) is 55.6 Å². The summed E-state index contributed by atoms with van der Waals surface area (Å²) in [6.07, 6.45) is 8.91. The molecular formula is C37H22N2O3. The predicted octanol–water partition coefficient (Wildman–Crippen LogP) is 10.0. The molecule has 2 atom stereocenters. The van der Waals surface area contributed by atoms with Crippen LogP contribution in [0.5, 0.6) is 0 Å². The van der Waals surface area contributed by atoms with Crippen LogP contribution in [0.3, 0.4) is 0 Å². The van der Waals surface area contributed by atoms with Gasteiger partial charge in [0.1, 0.15) is 27.8 Å². The number of fused-ring (bicyclic) bond motifs is 11. The fraction of sp³-hybridized carbons (Fsp3) is 0.0541. The molecule has 10 rings (SSSR count). The molecule has 0 fully saturated rings. The van der Waals surface area contributed by atoms with Gasteiger partial charge in [0.25, 0.3) is 0 Å². The lowest BCUT2D eigenvalue weighted by atomic mass is 9.91. The zero-order chi connectivity index (χ0) is 27.4. The van der Waals surface area contributed by atoms with Gasteiger partial charge in [-0.1, -0.05) is 78.9 Å². The lowest BCUT2D eigenvalue weighted by molar-refractivity contribution is 0.615. The van der Waals surface area contributed by atoms with Gasteiger partial charge in [-0.15, -0.1) is 0 Å². The minimum atomic E-state index is 0.182. The number of anilines is 2. The first-order valence-corrected chi connectivity index (χ1v) is 14.2. The van der Waals surface area contributed by atoms with Crippen LogP contribution in [0.1, 0.15) is 11.5 Å². The summed E-state index contributed by atoms with van der Waals surface area (Å²) in [5.74, 6) is 0.821. The van der Waals surface area contributed by atoms with Gasteiger partial charge in [-0.2, -0.15) is 0 Å². The van der Waals surface area contributed by atoms with Crippen LogP contribution < -0.4 is 4.90 Å². The summed E-state index contributed by atoms with van der Waals surface area (Å²) >= 11 is 0. The Labute approximate surface area is 239 Å². The van der Waals surface area contributed by atoms with Crippen molar-refractivity contribution in [2.24, 2.45) is 0 Å². The molecule has 5 nitrogen and oxygen atoms in total. The van der Waals surface area contributed by atoms with E-state index in [0.29, 0.717) is 17.4 Å². The van der Waals surface area contributed by atoms with E-state index < -0.39 is 0 Å². The standard InChI is InChI=1S/C37H22N2O3/c1-5-13-26-21(9-1)22-10-2-6-14-27(22)39(26)28-18-17-25(36-33(28)23-11-3-8-16-30(23)41-36)37-38-35-32(42-37)20-19-31-34(35)24-12-4-7-15-29(24)40-31/h1-21,26H. The molecule has 5 heteroatoms. The largest absolute Gasteiger partial charge is 0.456 e. The maximum Gasteiger partial charge on any atom is 0.231 e. The number of oxazole rings is 1. The Kier molecular flexibility index (Phi) is 4.23. The molecule has 0 spiro atoms. The van der Waals surface area contributed by atoms with Crippen LogP contribution in [-0.2, 0) is 0 Å². The van der Waals surface area contributed by atoms with Crippen molar-refractivity contribution in [2.45, 2.75) is 12.0 Å². The molecule has 3 aromatic heterocycles. The Morgan fingerprint density at radius 1 is 0.571 bits per heavy atom. The molecular weight excluding hydrogens is 520 g/mol. The van der Waals surface area contributed by atoms with Crippen LogP contribution in [0, 0.1) is 0 Å². The van der Waals surface area contributed by atoms with E-state index in [2.05, 4.69) is 83.8 Å². The molecule has 8 aromatic rings. The monoisotopic (exact) mass is 542 g/mol. The number of furan rings is 2. The van der Waals surface area contributed by atoms with Gasteiger partial charge < -0.3 is 18.2 Å². The lowest BCUT2D eigenvalue weighted by Crippen LogP contribution is -2.28. The maximum absolute atomic E-state index is 6.62. The van der Waals surface area contributed by atoms with E-state index in [0.717, 1.165) is 60.6 Å². The Bertz CT molecular complexity index is 2450. The van der Waals surface area contributed by atoms with Crippen molar-refractivity contribution in [2.75, 3.05) is 4.90 Å². The highest BCUT2D eigenvalue weighted by Gasteiger charge is 2.38. The van der Waals surface area contributed by atoms with E-state index in [1.807, 2.05) is 42.5 Å². The molecule has 0 radical (unpaired) electrons. The van der Waals surface area contributed by atoms with Gasteiger partial charge in [0, 0.05) is 22.4 Å². The maximum atomic E-state index is 6.62. The normalized spacial score (nSPS) is 17.8. The molecule has 0 N–H and O–H groups in total. The van der Waals surface area contributed by atoms with Crippen molar-refractivity contribution in [3.63, 3.8) is 0 Å². The number of hydrogen-bond donors (Lipinski definition) is 0. The SMILES string of the molecule is C1=CC2c3ccccc3N(c3ccc(-c4nc5c(ccc6oc7ccccc7c65)o4)c4oc5ccccc5c34)C2C=C1. The molecule has 1 aliphatic carbocycles. The molecule has 5 aromatic carbocycles. The summed E-state index contributed by atoms with van der Waals surface area (Å²) in [6, 6.07) is 33.4. The van der Waals surface area contributed by atoms with Gasteiger partial charge in [-0.25, -0.2) is 4.98 Å². The van der Waals surface area contributed by atoms with Gasteiger partial charge in [0.05, 0.1) is 28.1 Å². The third-order valence-electron chi connectivity index (χ3n) is 8.85. The number of rotatable bonds is 2. The molecule has 198 valence electrons. The highest BCUT2D eigenvalue weighted by molar-refractivity contribution is 6.18. The van der Waals surface area contributed by atoms with Gasteiger partial charge in [-0.05, 0) is 48.0 Å². The lowest BCUT2D eigenvalue weighted by Gasteiger charge is -2.29. The Morgan fingerprint density at radius 3 is 2.21 bits per heavy atom. The average molecular weight is 543 g/mol. The molecule has 0 bridgehead atoms. The molecule has 2 aliphatic rings. The molecule has 0 saturated carbocycles. The van der Waals surface area contributed by atoms with Crippen LogP contribution in [0.25, 0.3) is 66.4 Å². The van der Waals surface area contributed by atoms with Gasteiger partial charge in [0.15, 0.2) is 5.58 Å². The van der Waals surface area contributed by atoms with Crippen molar-refractivity contribution in [1.82, 2.24) is 4.98 Å². The van der Waals surface area contributed by atoms with Crippen molar-refractivity contribution in [3.05, 3.63) is 127 Å². The van der Waals surface area contributed by atoms with Crippen LogP contribution in [0.4, 0.5) is 11.4 Å². The number of para-hydroxylation sites is 3. The minimum absolute atomic E-state index is 0.182. The Hall–Kier alpha value is -5.55. The first kappa shape index (κ1) is 22.2. The predicted molar refractivity (Wildman–Crippen MR) is 167 cm³/mol. The van der Waals surface area contributed by atoms with E-state index in [1.54, 1.807) is 0 Å². The van der Waals surface area contributed by atoms with Crippen LogP contribution in [-0.4, -0.2) is 11.0 Å². The van der Waals surface area contributed by atoms with E-state index >= 15 is 0 Å². The van der Waals surface area contributed by atoms with Crippen molar-refractivity contribution < 1.29 is 13.3 Å². The molecule has 1 aliphatic heterocycles. The first-order chi connectivity index (χ1) is 20.8. The number of allylic oxidation sites excluding steroid dienone is 2. The van der Waals surface area contributed by atoms with E-state index in [-0.39, 0.29) is 6.04 Å². The molecule has 2 unspecified atom stereocenters. The fourth-order valence-corrected chi connectivity index (χ4v) is 7.07. The molecule has 4 heterocycles. The summed E-state index contributed by atoms with van der Waals surface area (Å²) in [4.78, 5) is 7.52. The van der Waals surface area contributed by atoms with E-state index in [9.17, 15) is 0 Å². The summed E-state index contributed by atoms with van der Waals surface area (Å²) in [6.45, 7) is 0. The van der Waals surface area contributed by atoms with Gasteiger partial charge >= 0.3 is 0 Å². The highest BCUT2D eigenvalue weighted by atomic mass is 16.4. The molecule has 0 amide bonds. The van der Waals surface area contributed by atoms with E-state index in [4.69, 9.17) is 18.2 Å². The van der Waals surface area contributed by atoms with Crippen molar-refractivity contribution in [3.8, 4) is 11.5 Å². The van der Waals surface area contributed by atoms with Crippen molar-refractivity contribution in [1.29, 1.82) is 0 Å². The third-order valence-corrected chi connectivity index (χ3v) is 8.85. The Morgan fingerprint density at radius 2 is 1.31 bits per heavy atom. The quantitative estimate of drug-likeness (QED) is 0.218. The smallest absolute Gasteiger partial charge is 0.231 e. The third kappa shape index (κ3) is 2.84. The second-order valence-corrected chi connectivity index (χ2v) is 11.1. The van der Waals surface area contributed by atoms with Crippen LogP contribution >= 0.6 is 0 Å². The first-order valence-electron chi connectivity index (χ1n) is 14.2. The average Bonchev–Trinajstić information content (AvgIpc) is 3.80. The Balaban J connectivity index is 1.25. The molecule has 42 heavy (non-hydrogen) atoms. The number of benzene rings is 5. The summed E-state index contributed by atoms with van der Waals surface area (Å²) in [7, 11) is 0. The van der Waals surface area contributed by atoms with Crippen molar-refractivity contribution >= 4 is 66.4 Å².